The first-order valence-corrected chi connectivity index (χ1v) is 11.1. The van der Waals surface area contributed by atoms with E-state index in [1.807, 2.05) is 11.6 Å². The molecule has 0 aliphatic heterocycles. The topological polar surface area (TPSA) is 120 Å². The minimum absolute atomic E-state index is 0.0124. The zero-order valence-corrected chi connectivity index (χ0v) is 18.1. The Kier molecular flexibility index (Phi) is 6.53. The quantitative estimate of drug-likeness (QED) is 0.570. The summed E-state index contributed by atoms with van der Waals surface area (Å²) >= 11 is 1.38. The number of carbonyl (C=O) groups is 1. The maximum absolute atomic E-state index is 12.3. The van der Waals surface area contributed by atoms with Crippen LogP contribution in [0.5, 0.6) is 11.8 Å². The second-order valence-electron chi connectivity index (χ2n) is 6.22. The van der Waals surface area contributed by atoms with Crippen LogP contribution in [-0.4, -0.2) is 38.6 Å². The molecule has 2 N–H and O–H groups in total. The minimum Gasteiger partial charge on any atom is -0.481 e. The smallest absolute Gasteiger partial charge is 0.333 e. The van der Waals surface area contributed by atoms with Gasteiger partial charge in [-0.3, -0.25) is 0 Å². The fourth-order valence-corrected chi connectivity index (χ4v) is 4.21. The van der Waals surface area contributed by atoms with Gasteiger partial charge in [0, 0.05) is 16.7 Å². The van der Waals surface area contributed by atoms with Gasteiger partial charge in [0.15, 0.2) is 0 Å². The number of methoxy groups -OCH3 is 2. The van der Waals surface area contributed by atoms with Gasteiger partial charge in [-0.25, -0.2) is 17.9 Å². The van der Waals surface area contributed by atoms with Gasteiger partial charge in [-0.2, -0.15) is 9.97 Å². The number of nitrogens with one attached hydrogen (secondary N) is 2. The van der Waals surface area contributed by atoms with Crippen LogP contribution in [0, 0.1) is 6.92 Å². The molecule has 0 unspecified atom stereocenters. The molecule has 0 fully saturated rings. The van der Waals surface area contributed by atoms with Crippen molar-refractivity contribution in [3.63, 3.8) is 0 Å². The van der Waals surface area contributed by atoms with Gasteiger partial charge in [-0.05, 0) is 25.1 Å². The zero-order chi connectivity index (χ0) is 21.7. The maximum atomic E-state index is 12.3. The standard InChI is InChI=1S/C19H20N4O5S2/c1-12-4-6-15(7-5-12)30(25,26)23-19(24)20-13-8-14(29-11-13)9-16-21-17(27-2)10-18(22-16)28-3/h4-8,10-11H,9H2,1-3H3,(H2,20,23,24). The predicted molar refractivity (Wildman–Crippen MR) is 113 cm³/mol. The molecule has 3 aromatic rings. The summed E-state index contributed by atoms with van der Waals surface area (Å²) in [5.74, 6) is 1.26. The van der Waals surface area contributed by atoms with Gasteiger partial charge in [0.25, 0.3) is 10.0 Å². The molecule has 2 aromatic heterocycles. The third kappa shape index (κ3) is 5.45. The summed E-state index contributed by atoms with van der Waals surface area (Å²) in [7, 11) is -0.956. The molecule has 0 spiro atoms. The van der Waals surface area contributed by atoms with Crippen LogP contribution in [0.3, 0.4) is 0 Å². The average molecular weight is 449 g/mol. The highest BCUT2D eigenvalue weighted by molar-refractivity contribution is 7.90. The summed E-state index contributed by atoms with van der Waals surface area (Å²) in [5, 5.41) is 4.22. The second kappa shape index (κ2) is 9.09. The number of anilines is 1. The SMILES string of the molecule is COc1cc(OC)nc(Cc2cc(NC(=O)NS(=O)(=O)c3ccc(C)cc3)cs2)n1. The number of urea groups is 1. The van der Waals surface area contributed by atoms with Crippen molar-refractivity contribution in [2.75, 3.05) is 19.5 Å². The Balaban J connectivity index is 1.65. The van der Waals surface area contributed by atoms with E-state index in [4.69, 9.17) is 9.47 Å². The molecule has 0 atom stereocenters. The van der Waals surface area contributed by atoms with E-state index < -0.39 is 16.1 Å². The van der Waals surface area contributed by atoms with E-state index in [-0.39, 0.29) is 4.90 Å². The third-order valence-electron chi connectivity index (χ3n) is 3.95. The number of thiophene rings is 1. The van der Waals surface area contributed by atoms with Crippen LogP contribution in [0.25, 0.3) is 0 Å². The normalized spacial score (nSPS) is 11.0. The van der Waals surface area contributed by atoms with Crippen LogP contribution in [0.15, 0.2) is 46.7 Å². The zero-order valence-electron chi connectivity index (χ0n) is 16.5. The molecule has 3 rings (SSSR count). The van der Waals surface area contributed by atoms with Gasteiger partial charge < -0.3 is 14.8 Å². The molecule has 9 nitrogen and oxygen atoms in total. The first kappa shape index (κ1) is 21.5. The van der Waals surface area contributed by atoms with Crippen molar-refractivity contribution < 1.29 is 22.7 Å². The van der Waals surface area contributed by atoms with Crippen LogP contribution >= 0.6 is 11.3 Å². The summed E-state index contributed by atoms with van der Waals surface area (Å²) < 4.78 is 36.9. The second-order valence-corrected chi connectivity index (χ2v) is 8.90. The lowest BCUT2D eigenvalue weighted by atomic mass is 10.2. The summed E-state index contributed by atoms with van der Waals surface area (Å²) in [4.78, 5) is 21.6. The Morgan fingerprint density at radius 1 is 1.07 bits per heavy atom. The van der Waals surface area contributed by atoms with Gasteiger partial charge in [-0.15, -0.1) is 11.3 Å². The number of amides is 2. The van der Waals surface area contributed by atoms with E-state index >= 15 is 0 Å². The van der Waals surface area contributed by atoms with Crippen molar-refractivity contribution in [1.82, 2.24) is 14.7 Å². The van der Waals surface area contributed by atoms with Crippen molar-refractivity contribution in [3.8, 4) is 11.8 Å². The Morgan fingerprint density at radius 2 is 1.70 bits per heavy atom. The van der Waals surface area contributed by atoms with Gasteiger partial charge >= 0.3 is 6.03 Å². The molecule has 0 aliphatic rings. The number of rotatable bonds is 7. The van der Waals surface area contributed by atoms with Crippen molar-refractivity contribution >= 4 is 33.1 Å². The van der Waals surface area contributed by atoms with E-state index in [2.05, 4.69) is 15.3 Å². The van der Waals surface area contributed by atoms with E-state index in [9.17, 15) is 13.2 Å². The molecule has 30 heavy (non-hydrogen) atoms. The Labute approximate surface area is 178 Å². The van der Waals surface area contributed by atoms with Gasteiger partial charge in [0.05, 0.1) is 30.9 Å². The molecular weight excluding hydrogens is 428 g/mol. The number of ether oxygens (including phenoxy) is 2. The monoisotopic (exact) mass is 448 g/mol. The van der Waals surface area contributed by atoms with Crippen molar-refractivity contribution in [1.29, 1.82) is 0 Å². The number of sulfonamides is 1. The molecule has 1 aromatic carbocycles. The Hall–Kier alpha value is -3.18. The molecule has 2 heterocycles. The largest absolute Gasteiger partial charge is 0.481 e. The number of aryl methyl sites for hydroxylation is 1. The predicted octanol–water partition coefficient (Wildman–Crippen LogP) is 2.96. The molecule has 0 radical (unpaired) electrons. The first-order valence-electron chi connectivity index (χ1n) is 8.73. The summed E-state index contributed by atoms with van der Waals surface area (Å²) in [6.07, 6.45) is 0.392. The third-order valence-corrected chi connectivity index (χ3v) is 6.23. The van der Waals surface area contributed by atoms with Crippen molar-refractivity contribution in [3.05, 3.63) is 58.0 Å². The van der Waals surface area contributed by atoms with E-state index in [0.717, 1.165) is 10.4 Å². The van der Waals surface area contributed by atoms with Gasteiger partial charge in [0.1, 0.15) is 5.82 Å². The number of benzene rings is 1. The van der Waals surface area contributed by atoms with Crippen LogP contribution in [0.4, 0.5) is 10.5 Å². The Bertz CT molecular complexity index is 1120. The first-order chi connectivity index (χ1) is 14.3. The molecule has 158 valence electrons. The lowest BCUT2D eigenvalue weighted by Crippen LogP contribution is -2.34. The number of nitrogens with zero attached hydrogens (tertiary/aromatic N) is 2. The summed E-state index contributed by atoms with van der Waals surface area (Å²) in [5.41, 5.74) is 1.38. The molecule has 0 saturated carbocycles. The number of carbonyl (C=O) groups excluding carboxylic acids is 1. The van der Waals surface area contributed by atoms with Crippen LogP contribution < -0.4 is 19.5 Å². The lowest BCUT2D eigenvalue weighted by Gasteiger charge is -2.08. The summed E-state index contributed by atoms with van der Waals surface area (Å²) in [6.45, 7) is 1.84. The number of hydrogen-bond donors (Lipinski definition) is 2. The molecular formula is C19H20N4O5S2. The molecule has 2 amide bonds. The maximum Gasteiger partial charge on any atom is 0.333 e. The van der Waals surface area contributed by atoms with Crippen molar-refractivity contribution in [2.24, 2.45) is 0 Å². The molecule has 11 heteroatoms. The van der Waals surface area contributed by atoms with E-state index in [1.165, 1.54) is 37.7 Å². The fraction of sp³-hybridized carbons (Fsp3) is 0.211. The van der Waals surface area contributed by atoms with E-state index in [1.54, 1.807) is 29.6 Å². The molecule has 0 aliphatic carbocycles. The number of aromatic nitrogens is 2. The fourth-order valence-electron chi connectivity index (χ4n) is 2.49. The summed E-state index contributed by atoms with van der Waals surface area (Å²) in [6, 6.07) is 8.65. The average Bonchev–Trinajstić information content (AvgIpc) is 3.13. The highest BCUT2D eigenvalue weighted by Crippen LogP contribution is 2.23. The number of hydrogen-bond acceptors (Lipinski definition) is 8. The van der Waals surface area contributed by atoms with Gasteiger partial charge in [0.2, 0.25) is 11.8 Å². The molecule has 0 bridgehead atoms. The van der Waals surface area contributed by atoms with Gasteiger partial charge in [-0.1, -0.05) is 17.7 Å². The van der Waals surface area contributed by atoms with Crippen molar-refractivity contribution in [2.45, 2.75) is 18.2 Å². The molecule has 0 saturated heterocycles. The lowest BCUT2D eigenvalue weighted by molar-refractivity contribution is 0.256. The minimum atomic E-state index is -3.96. The van der Waals surface area contributed by atoms with E-state index in [0.29, 0.717) is 29.7 Å². The van der Waals surface area contributed by atoms with Crippen LogP contribution in [0.2, 0.25) is 0 Å². The Morgan fingerprint density at radius 3 is 2.30 bits per heavy atom. The highest BCUT2D eigenvalue weighted by atomic mass is 32.2. The van der Waals surface area contributed by atoms with Crippen LogP contribution in [0.1, 0.15) is 16.3 Å². The van der Waals surface area contributed by atoms with Crippen LogP contribution in [-0.2, 0) is 16.4 Å². The highest BCUT2D eigenvalue weighted by Gasteiger charge is 2.18.